The average Bonchev–Trinajstić information content (AvgIpc) is 3.57. The first-order valence-corrected chi connectivity index (χ1v) is 27.7. The molecule has 1 aromatic rings. The Hall–Kier alpha value is -9.58. The van der Waals surface area contributed by atoms with Crippen molar-refractivity contribution in [1.29, 1.82) is 0 Å². The lowest BCUT2D eigenvalue weighted by molar-refractivity contribution is -0.143. The molecule has 0 heterocycles. The molecule has 0 saturated carbocycles. The fourth-order valence-electron chi connectivity index (χ4n) is 7.87. The highest BCUT2D eigenvalue weighted by atomic mass is 16.4. The molecule has 0 fully saturated rings. The van der Waals surface area contributed by atoms with Gasteiger partial charge in [0.05, 0.1) is 45.3 Å². The van der Waals surface area contributed by atoms with E-state index in [1.54, 1.807) is 13.8 Å². The predicted octanol–water partition coefficient (Wildman–Crippen LogP) is -7.80. The Labute approximate surface area is 503 Å². The fourth-order valence-corrected chi connectivity index (χ4v) is 7.87. The SMILES string of the molecule is CC[C@H](C)[C@H](NC(=O)[C@H](CCCCN)NC(=O)[C@H](CC(=O)O)NC(=O)[C@H](Cc1ccc(O)cc1)NC(=O)[C@H](CC(=O)O)NC(=O)CNC(=O)CN)C(=O)NCC(=O)N[C@@H](CCCCN)C(=O)N[C@@H](CC(N)=O)C(=O)N[C@@H](CC(=O)O)C(=O)N[C@@H](C)C(=O)O. The third kappa shape index (κ3) is 30.0. The summed E-state index contributed by atoms with van der Waals surface area (Å²) < 4.78 is 0. The van der Waals surface area contributed by atoms with E-state index in [4.69, 9.17) is 22.9 Å². The summed E-state index contributed by atoms with van der Waals surface area (Å²) in [7, 11) is 0. The molecule has 10 atom stereocenters. The number of rotatable bonds is 43. The quantitative estimate of drug-likeness (QED) is 0.0270. The number of amides is 12. The molecule has 36 nitrogen and oxygen atoms in total. The van der Waals surface area contributed by atoms with Gasteiger partial charge in [-0.2, -0.15) is 0 Å². The van der Waals surface area contributed by atoms with Gasteiger partial charge in [0.25, 0.3) is 0 Å². The van der Waals surface area contributed by atoms with Gasteiger partial charge in [0.2, 0.25) is 70.9 Å². The minimum absolute atomic E-state index is 0.112. The molecule has 1 aromatic carbocycles. The van der Waals surface area contributed by atoms with Gasteiger partial charge in [-0.3, -0.25) is 76.7 Å². The molecule has 0 bridgehead atoms. The summed E-state index contributed by atoms with van der Waals surface area (Å²) >= 11 is 0. The molecule has 0 unspecified atom stereocenters. The third-order valence-electron chi connectivity index (χ3n) is 12.9. The molecule has 12 amide bonds. The van der Waals surface area contributed by atoms with Crippen LogP contribution >= 0.6 is 0 Å². The summed E-state index contributed by atoms with van der Waals surface area (Å²) in [5, 5.41) is 72.5. The topological polar surface area (TPSA) is 611 Å². The van der Waals surface area contributed by atoms with Crippen LogP contribution in [-0.4, -0.2) is 207 Å². The van der Waals surface area contributed by atoms with Crippen molar-refractivity contribution in [3.63, 3.8) is 0 Å². The van der Waals surface area contributed by atoms with Crippen LogP contribution in [0.2, 0.25) is 0 Å². The number of aromatic hydroxyl groups is 1. The van der Waals surface area contributed by atoms with Crippen molar-refractivity contribution in [2.24, 2.45) is 28.9 Å². The Balaban J connectivity index is 3.49. The zero-order valence-corrected chi connectivity index (χ0v) is 48.7. The molecule has 0 saturated heterocycles. The number of nitrogens with one attached hydrogen (secondary N) is 11. The van der Waals surface area contributed by atoms with E-state index in [-0.39, 0.29) is 62.9 Å². The molecule has 0 aromatic heterocycles. The standard InChI is InChI=1S/C52H81N15O21/c1-4-25(2)43(51(86)58-24-39(72)60-29(9-5-7-15-53)44(79)64-32(18-36(56)69)48(83)65-34(20-41(75)76)46(81)59-26(3)52(87)88)67-45(80)30(10-6-8-16-54)62-50(85)35(21-42(77)78)66-47(82)31(17-27-11-13-28(68)14-12-27)63-49(84)33(19-40(73)74)61-38(71)23-57-37(70)22-55/h11-14,25-26,29-35,43,68H,4-10,15-24,53-55H2,1-3H3,(H2,56,69)(H,57,70)(H,58,86)(H,59,81)(H,60,72)(H,61,71)(H,62,85)(H,63,84)(H,64,79)(H,65,83)(H,66,82)(H,67,80)(H,73,74)(H,75,76)(H,77,78)(H,87,88)/t25-,26-,29-,30-,31-,32-,33-,34-,35-,43-/m0/s1. The maximum atomic E-state index is 14.2. The van der Waals surface area contributed by atoms with E-state index in [9.17, 15) is 102 Å². The monoisotopic (exact) mass is 1250 g/mol. The Morgan fingerprint density at radius 3 is 1.25 bits per heavy atom. The van der Waals surface area contributed by atoms with Crippen molar-refractivity contribution >= 4 is 94.8 Å². The molecule has 0 aliphatic rings. The molecule has 1 rings (SSSR count). The lowest BCUT2D eigenvalue weighted by Crippen LogP contribution is -2.60. The lowest BCUT2D eigenvalue weighted by atomic mass is 9.97. The van der Waals surface area contributed by atoms with Crippen molar-refractivity contribution in [2.75, 3.05) is 32.7 Å². The minimum Gasteiger partial charge on any atom is -0.508 e. The molecule has 88 heavy (non-hydrogen) atoms. The fraction of sp³-hybridized carbons (Fsp3) is 0.577. The van der Waals surface area contributed by atoms with Crippen molar-refractivity contribution < 1.29 is 102 Å². The third-order valence-corrected chi connectivity index (χ3v) is 12.9. The molecule has 0 aliphatic heterocycles. The first-order chi connectivity index (χ1) is 41.3. The number of carbonyl (C=O) groups excluding carboxylic acids is 12. The first-order valence-electron chi connectivity index (χ1n) is 27.7. The Bertz CT molecular complexity index is 2650. The van der Waals surface area contributed by atoms with Crippen LogP contribution in [0.25, 0.3) is 0 Å². The average molecular weight is 1250 g/mol. The highest BCUT2D eigenvalue weighted by molar-refractivity contribution is 6.00. The van der Waals surface area contributed by atoms with E-state index in [0.717, 1.165) is 6.92 Å². The van der Waals surface area contributed by atoms with E-state index in [0.29, 0.717) is 6.42 Å². The van der Waals surface area contributed by atoms with Gasteiger partial charge in [0.15, 0.2) is 0 Å². The largest absolute Gasteiger partial charge is 0.508 e. The van der Waals surface area contributed by atoms with Gasteiger partial charge in [-0.15, -0.1) is 0 Å². The van der Waals surface area contributed by atoms with Gasteiger partial charge < -0.3 is 107 Å². The molecule has 36 heteroatoms. The number of hydrogen-bond donors (Lipinski definition) is 20. The minimum atomic E-state index is -2.01. The molecule has 0 radical (unpaired) electrons. The number of primary amides is 1. The van der Waals surface area contributed by atoms with Gasteiger partial charge in [0.1, 0.15) is 60.1 Å². The summed E-state index contributed by atoms with van der Waals surface area (Å²) in [6.45, 7) is 2.39. The number of phenols is 1. The Kier molecular flexibility index (Phi) is 34.7. The van der Waals surface area contributed by atoms with Gasteiger partial charge in [-0.25, -0.2) is 0 Å². The van der Waals surface area contributed by atoms with Gasteiger partial charge >= 0.3 is 23.9 Å². The van der Waals surface area contributed by atoms with Gasteiger partial charge in [-0.1, -0.05) is 32.4 Å². The van der Waals surface area contributed by atoms with Crippen molar-refractivity contribution in [3.8, 4) is 5.75 Å². The maximum Gasteiger partial charge on any atom is 0.325 e. The second-order valence-electron chi connectivity index (χ2n) is 20.1. The van der Waals surface area contributed by atoms with Gasteiger partial charge in [-0.05, 0) is 82.2 Å². The number of nitrogens with two attached hydrogens (primary N) is 4. The summed E-state index contributed by atoms with van der Waals surface area (Å²) in [5.74, 6) is -20.6. The molecule has 0 aliphatic carbocycles. The normalized spacial score (nSPS) is 14.2. The van der Waals surface area contributed by atoms with Crippen LogP contribution in [0.4, 0.5) is 0 Å². The first kappa shape index (κ1) is 76.4. The van der Waals surface area contributed by atoms with E-state index >= 15 is 0 Å². The number of benzene rings is 1. The molecule has 24 N–H and O–H groups in total. The Morgan fingerprint density at radius 1 is 0.443 bits per heavy atom. The lowest BCUT2D eigenvalue weighted by Gasteiger charge is -2.28. The smallest absolute Gasteiger partial charge is 0.325 e. The second kappa shape index (κ2) is 39.9. The summed E-state index contributed by atoms with van der Waals surface area (Å²) in [6.07, 6.45) is -3.79. The number of unbranched alkanes of at least 4 members (excludes halogenated alkanes) is 2. The van der Waals surface area contributed by atoms with Crippen LogP contribution < -0.4 is 81.4 Å². The Morgan fingerprint density at radius 2 is 0.818 bits per heavy atom. The number of hydrogen-bond acceptors (Lipinski definition) is 20. The van der Waals surface area contributed by atoms with Crippen LogP contribution in [-0.2, 0) is 83.1 Å². The number of aliphatic carboxylic acids is 4. The summed E-state index contributed by atoms with van der Waals surface area (Å²) in [4.78, 5) is 206. The molecular weight excluding hydrogens is 1170 g/mol. The van der Waals surface area contributed by atoms with Crippen LogP contribution in [0.3, 0.4) is 0 Å². The molecule has 490 valence electrons. The van der Waals surface area contributed by atoms with E-state index in [1.165, 1.54) is 24.3 Å². The summed E-state index contributed by atoms with van der Waals surface area (Å²) in [5.41, 5.74) is 22.1. The number of carboxylic acid groups (broad SMARTS) is 4. The highest BCUT2D eigenvalue weighted by Crippen LogP contribution is 2.14. The predicted molar refractivity (Wildman–Crippen MR) is 303 cm³/mol. The van der Waals surface area contributed by atoms with E-state index in [1.807, 2.05) is 10.6 Å². The number of carboxylic acids is 4. The van der Waals surface area contributed by atoms with Crippen molar-refractivity contribution in [1.82, 2.24) is 58.5 Å². The van der Waals surface area contributed by atoms with Gasteiger partial charge in [0, 0.05) is 6.42 Å². The van der Waals surface area contributed by atoms with Crippen LogP contribution in [0.5, 0.6) is 5.75 Å². The zero-order chi connectivity index (χ0) is 66.8. The maximum absolute atomic E-state index is 14.2. The van der Waals surface area contributed by atoms with E-state index < -0.39 is 207 Å². The van der Waals surface area contributed by atoms with Crippen LogP contribution in [0, 0.1) is 5.92 Å². The van der Waals surface area contributed by atoms with Crippen LogP contribution in [0.15, 0.2) is 24.3 Å². The highest BCUT2D eigenvalue weighted by Gasteiger charge is 2.37. The van der Waals surface area contributed by atoms with Crippen molar-refractivity contribution in [3.05, 3.63) is 29.8 Å². The number of carbonyl (C=O) groups is 16. The summed E-state index contributed by atoms with van der Waals surface area (Å²) in [6, 6.07) is -10.4. The van der Waals surface area contributed by atoms with E-state index in [2.05, 4.69) is 47.9 Å². The number of phenolic OH excluding ortho intramolecular Hbond substituents is 1. The van der Waals surface area contributed by atoms with Crippen molar-refractivity contribution in [2.45, 2.75) is 152 Å². The van der Waals surface area contributed by atoms with Crippen LogP contribution in [0.1, 0.15) is 97.0 Å². The molecule has 0 spiro atoms. The second-order valence-corrected chi connectivity index (χ2v) is 20.1. The molecular formula is C52H81N15O21. The zero-order valence-electron chi connectivity index (χ0n) is 48.7.